The van der Waals surface area contributed by atoms with Crippen LogP contribution in [0.1, 0.15) is 53.9 Å². The first-order valence-corrected chi connectivity index (χ1v) is 7.07. The maximum absolute atomic E-state index is 3.57. The number of hydrogen-bond donors (Lipinski definition) is 1. The van der Waals surface area contributed by atoms with Gasteiger partial charge in [0.05, 0.1) is 0 Å². The molecule has 1 fully saturated rings. The average Bonchev–Trinajstić information content (AvgIpc) is 2.29. The van der Waals surface area contributed by atoms with E-state index in [1.165, 1.54) is 25.8 Å². The fraction of sp³-hybridized carbons (Fsp3) is 1.00. The van der Waals surface area contributed by atoms with Crippen LogP contribution < -0.4 is 5.32 Å². The summed E-state index contributed by atoms with van der Waals surface area (Å²) in [7, 11) is 0. The summed E-state index contributed by atoms with van der Waals surface area (Å²) >= 11 is 0. The van der Waals surface area contributed by atoms with E-state index in [9.17, 15) is 0 Å². The summed E-state index contributed by atoms with van der Waals surface area (Å²) in [4.78, 5) is 2.73. The summed E-state index contributed by atoms with van der Waals surface area (Å²) in [6.07, 6.45) is 3.97. The van der Waals surface area contributed by atoms with Gasteiger partial charge in [0.25, 0.3) is 0 Å². The second kappa shape index (κ2) is 6.61. The van der Waals surface area contributed by atoms with Gasteiger partial charge in [0.1, 0.15) is 0 Å². The molecule has 2 heteroatoms. The summed E-state index contributed by atoms with van der Waals surface area (Å²) < 4.78 is 0. The summed E-state index contributed by atoms with van der Waals surface area (Å²) in [6, 6.07) is 2.14. The van der Waals surface area contributed by atoms with Crippen LogP contribution in [-0.2, 0) is 0 Å². The second-order valence-corrected chi connectivity index (χ2v) is 5.67. The van der Waals surface area contributed by atoms with Gasteiger partial charge in [0.15, 0.2) is 0 Å². The molecule has 96 valence electrons. The largest absolute Gasteiger partial charge is 0.311 e. The lowest BCUT2D eigenvalue weighted by molar-refractivity contribution is 0.0789. The third-order valence-corrected chi connectivity index (χ3v) is 4.12. The standard InChI is InChI=1S/C14H30N2/c1-6-11(3)8-14(7-2)16-10-12(4)15-9-13(16)5/h11-15H,6-10H2,1-5H3. The number of piperazine rings is 1. The molecule has 4 atom stereocenters. The number of hydrogen-bond acceptors (Lipinski definition) is 2. The molecule has 0 aromatic heterocycles. The van der Waals surface area contributed by atoms with Crippen LogP contribution in [0.2, 0.25) is 0 Å². The Kier molecular flexibility index (Phi) is 5.77. The number of nitrogens with one attached hydrogen (secondary N) is 1. The molecule has 0 aliphatic carbocycles. The van der Waals surface area contributed by atoms with Crippen LogP contribution in [0.5, 0.6) is 0 Å². The first-order chi connectivity index (χ1) is 7.58. The Morgan fingerprint density at radius 2 is 1.94 bits per heavy atom. The van der Waals surface area contributed by atoms with Gasteiger partial charge in [-0.3, -0.25) is 4.90 Å². The highest BCUT2D eigenvalue weighted by atomic mass is 15.2. The Morgan fingerprint density at radius 1 is 1.25 bits per heavy atom. The lowest BCUT2D eigenvalue weighted by atomic mass is 9.94. The molecule has 0 aromatic carbocycles. The molecular weight excluding hydrogens is 196 g/mol. The van der Waals surface area contributed by atoms with E-state index in [-0.39, 0.29) is 0 Å². The quantitative estimate of drug-likeness (QED) is 0.775. The molecule has 4 unspecified atom stereocenters. The molecule has 1 heterocycles. The molecule has 1 rings (SSSR count). The molecule has 16 heavy (non-hydrogen) atoms. The lowest BCUT2D eigenvalue weighted by Gasteiger charge is -2.43. The van der Waals surface area contributed by atoms with Crippen LogP contribution in [0.4, 0.5) is 0 Å². The van der Waals surface area contributed by atoms with Gasteiger partial charge >= 0.3 is 0 Å². The molecular formula is C14H30N2. The average molecular weight is 226 g/mol. The van der Waals surface area contributed by atoms with E-state index in [0.717, 1.165) is 18.5 Å². The van der Waals surface area contributed by atoms with Crippen molar-refractivity contribution in [1.29, 1.82) is 0 Å². The van der Waals surface area contributed by atoms with Crippen molar-refractivity contribution in [3.05, 3.63) is 0 Å². The summed E-state index contributed by atoms with van der Waals surface area (Å²) in [5, 5.41) is 3.57. The van der Waals surface area contributed by atoms with E-state index in [1.807, 2.05) is 0 Å². The van der Waals surface area contributed by atoms with Gasteiger partial charge in [-0.15, -0.1) is 0 Å². The molecule has 0 radical (unpaired) electrons. The molecule has 0 bridgehead atoms. The van der Waals surface area contributed by atoms with Crippen LogP contribution >= 0.6 is 0 Å². The molecule has 2 nitrogen and oxygen atoms in total. The third-order valence-electron chi connectivity index (χ3n) is 4.12. The first-order valence-electron chi connectivity index (χ1n) is 7.07. The van der Waals surface area contributed by atoms with Crippen molar-refractivity contribution in [3.8, 4) is 0 Å². The fourth-order valence-corrected chi connectivity index (χ4v) is 2.73. The Balaban J connectivity index is 2.55. The maximum Gasteiger partial charge on any atom is 0.0196 e. The zero-order valence-corrected chi connectivity index (χ0v) is 11.8. The summed E-state index contributed by atoms with van der Waals surface area (Å²) in [5.41, 5.74) is 0. The molecule has 1 aliphatic rings. The zero-order valence-electron chi connectivity index (χ0n) is 11.8. The van der Waals surface area contributed by atoms with Gasteiger partial charge in [-0.25, -0.2) is 0 Å². The molecule has 0 amide bonds. The smallest absolute Gasteiger partial charge is 0.0196 e. The summed E-state index contributed by atoms with van der Waals surface area (Å²) in [6.45, 7) is 14.1. The Hall–Kier alpha value is -0.0800. The number of rotatable bonds is 5. The SMILES string of the molecule is CCC(C)CC(CC)N1CC(C)NCC1C. The van der Waals surface area contributed by atoms with Crippen molar-refractivity contribution in [2.45, 2.75) is 72.0 Å². The van der Waals surface area contributed by atoms with E-state index in [2.05, 4.69) is 44.8 Å². The molecule has 0 aromatic rings. The maximum atomic E-state index is 3.57. The van der Waals surface area contributed by atoms with E-state index in [4.69, 9.17) is 0 Å². The zero-order chi connectivity index (χ0) is 12.1. The second-order valence-electron chi connectivity index (χ2n) is 5.67. The van der Waals surface area contributed by atoms with Crippen molar-refractivity contribution in [2.75, 3.05) is 13.1 Å². The highest BCUT2D eigenvalue weighted by Crippen LogP contribution is 2.21. The van der Waals surface area contributed by atoms with Gasteiger partial charge in [-0.05, 0) is 32.6 Å². The fourth-order valence-electron chi connectivity index (χ4n) is 2.73. The highest BCUT2D eigenvalue weighted by Gasteiger charge is 2.28. The predicted molar refractivity (Wildman–Crippen MR) is 71.8 cm³/mol. The van der Waals surface area contributed by atoms with Gasteiger partial charge in [-0.2, -0.15) is 0 Å². The number of nitrogens with zero attached hydrogens (tertiary/aromatic N) is 1. The van der Waals surface area contributed by atoms with Crippen molar-refractivity contribution in [3.63, 3.8) is 0 Å². The van der Waals surface area contributed by atoms with Crippen LogP contribution in [0.3, 0.4) is 0 Å². The van der Waals surface area contributed by atoms with Crippen molar-refractivity contribution >= 4 is 0 Å². The Bertz CT molecular complexity index is 193. The Labute approximate surface area is 102 Å². The van der Waals surface area contributed by atoms with Crippen LogP contribution in [0.15, 0.2) is 0 Å². The summed E-state index contributed by atoms with van der Waals surface area (Å²) in [5.74, 6) is 0.863. The van der Waals surface area contributed by atoms with Crippen molar-refractivity contribution in [2.24, 2.45) is 5.92 Å². The van der Waals surface area contributed by atoms with Gasteiger partial charge in [-0.1, -0.05) is 27.2 Å². The minimum atomic E-state index is 0.655. The van der Waals surface area contributed by atoms with E-state index in [0.29, 0.717) is 12.1 Å². The Morgan fingerprint density at radius 3 is 2.50 bits per heavy atom. The highest BCUT2D eigenvalue weighted by molar-refractivity contribution is 4.86. The first kappa shape index (κ1) is 14.0. The van der Waals surface area contributed by atoms with Gasteiger partial charge in [0, 0.05) is 31.2 Å². The molecule has 0 saturated carbocycles. The third kappa shape index (κ3) is 3.74. The topological polar surface area (TPSA) is 15.3 Å². The van der Waals surface area contributed by atoms with E-state index >= 15 is 0 Å². The van der Waals surface area contributed by atoms with Crippen LogP contribution in [-0.4, -0.2) is 36.1 Å². The van der Waals surface area contributed by atoms with E-state index < -0.39 is 0 Å². The molecule has 1 N–H and O–H groups in total. The molecule has 1 aliphatic heterocycles. The van der Waals surface area contributed by atoms with E-state index in [1.54, 1.807) is 0 Å². The monoisotopic (exact) mass is 226 g/mol. The van der Waals surface area contributed by atoms with Crippen molar-refractivity contribution < 1.29 is 0 Å². The molecule has 0 spiro atoms. The normalized spacial score (nSPS) is 31.3. The van der Waals surface area contributed by atoms with Crippen LogP contribution in [0.25, 0.3) is 0 Å². The minimum Gasteiger partial charge on any atom is -0.311 e. The van der Waals surface area contributed by atoms with Crippen molar-refractivity contribution in [1.82, 2.24) is 10.2 Å². The predicted octanol–water partition coefficient (Wildman–Crippen LogP) is 2.88. The van der Waals surface area contributed by atoms with Gasteiger partial charge in [0.2, 0.25) is 0 Å². The minimum absolute atomic E-state index is 0.655. The lowest BCUT2D eigenvalue weighted by Crippen LogP contribution is -2.57. The van der Waals surface area contributed by atoms with Gasteiger partial charge < -0.3 is 5.32 Å². The van der Waals surface area contributed by atoms with Crippen LogP contribution in [0, 0.1) is 5.92 Å². The molecule has 1 saturated heterocycles.